The van der Waals surface area contributed by atoms with Crippen molar-refractivity contribution < 1.29 is 14.5 Å². The Labute approximate surface area is 153 Å². The number of nitro groups is 1. The monoisotopic (exact) mass is 413 g/mol. The molecule has 0 atom stereocenters. The summed E-state index contributed by atoms with van der Waals surface area (Å²) in [5, 5.41) is 16.2. The fraction of sp³-hybridized carbons (Fsp3) is 0.467. The predicted octanol–water partition coefficient (Wildman–Crippen LogP) is 1.64. The number of hydrogen-bond donors (Lipinski definition) is 2. The third-order valence-corrected chi connectivity index (χ3v) is 4.45. The Morgan fingerprint density at radius 1 is 1.28 bits per heavy atom. The molecular weight excluding hydrogens is 394 g/mol. The molecule has 1 heterocycles. The van der Waals surface area contributed by atoms with Crippen LogP contribution in [0.25, 0.3) is 0 Å². The normalized spacial score (nSPS) is 14.9. The van der Waals surface area contributed by atoms with Crippen molar-refractivity contribution in [2.45, 2.75) is 6.92 Å². The lowest BCUT2D eigenvalue weighted by Crippen LogP contribution is -2.53. The van der Waals surface area contributed by atoms with Crippen LogP contribution in [0.5, 0.6) is 0 Å². The maximum Gasteiger partial charge on any atom is 0.317 e. The van der Waals surface area contributed by atoms with E-state index < -0.39 is 4.92 Å². The number of benzene rings is 1. The molecule has 0 aromatic heterocycles. The Bertz CT molecular complexity index is 661. The number of non-ortho nitro benzene ring substituents is 1. The lowest BCUT2D eigenvalue weighted by molar-refractivity contribution is -0.384. The number of nitrogens with one attached hydrogen (secondary N) is 2. The quantitative estimate of drug-likeness (QED) is 0.563. The SMILES string of the molecule is CCNC(=O)N1CCN(CC(=O)Nc2ccc([N+](=O)[O-])cc2Br)CC1. The highest BCUT2D eigenvalue weighted by atomic mass is 79.9. The molecule has 0 bridgehead atoms. The molecule has 2 rings (SSSR count). The van der Waals surface area contributed by atoms with Crippen LogP contribution >= 0.6 is 15.9 Å². The molecule has 1 saturated heterocycles. The van der Waals surface area contributed by atoms with Gasteiger partial charge in [0.15, 0.2) is 0 Å². The number of carbonyl (C=O) groups excluding carboxylic acids is 2. The maximum absolute atomic E-state index is 12.2. The van der Waals surface area contributed by atoms with Crippen LogP contribution in [-0.2, 0) is 4.79 Å². The Morgan fingerprint density at radius 3 is 2.52 bits per heavy atom. The third kappa shape index (κ3) is 5.40. The molecule has 0 saturated carbocycles. The van der Waals surface area contributed by atoms with Gasteiger partial charge in [0.25, 0.3) is 5.69 Å². The molecular formula is C15H20BrN5O4. The van der Waals surface area contributed by atoms with Gasteiger partial charge in [0, 0.05) is 49.3 Å². The van der Waals surface area contributed by atoms with E-state index in [9.17, 15) is 19.7 Å². The van der Waals surface area contributed by atoms with Gasteiger partial charge in [-0.15, -0.1) is 0 Å². The van der Waals surface area contributed by atoms with Gasteiger partial charge in [-0.2, -0.15) is 0 Å². The molecule has 9 nitrogen and oxygen atoms in total. The van der Waals surface area contributed by atoms with E-state index in [2.05, 4.69) is 26.6 Å². The van der Waals surface area contributed by atoms with Crippen molar-refractivity contribution in [3.8, 4) is 0 Å². The first kappa shape index (κ1) is 19.1. The van der Waals surface area contributed by atoms with Crippen molar-refractivity contribution >= 4 is 39.2 Å². The number of nitrogens with zero attached hydrogens (tertiary/aromatic N) is 3. The van der Waals surface area contributed by atoms with Crippen molar-refractivity contribution in [3.63, 3.8) is 0 Å². The van der Waals surface area contributed by atoms with Crippen LogP contribution in [0.3, 0.4) is 0 Å². The standard InChI is InChI=1S/C15H20BrN5O4/c1-2-17-15(23)20-7-5-19(6-8-20)10-14(22)18-13-4-3-11(21(24)25)9-12(13)16/h3-4,9H,2,5-8,10H2,1H3,(H,17,23)(H,18,22). The average Bonchev–Trinajstić information content (AvgIpc) is 2.57. The zero-order chi connectivity index (χ0) is 18.4. The summed E-state index contributed by atoms with van der Waals surface area (Å²) >= 11 is 3.22. The molecule has 0 unspecified atom stereocenters. The van der Waals surface area contributed by atoms with Gasteiger partial charge in [-0.1, -0.05) is 0 Å². The number of halogens is 1. The second-order valence-corrected chi connectivity index (χ2v) is 6.42. The molecule has 10 heteroatoms. The smallest absolute Gasteiger partial charge is 0.317 e. The molecule has 1 aliphatic rings. The van der Waals surface area contributed by atoms with Crippen molar-refractivity contribution in [2.24, 2.45) is 0 Å². The molecule has 3 amide bonds. The number of anilines is 1. The van der Waals surface area contributed by atoms with E-state index in [-0.39, 0.29) is 24.2 Å². The molecule has 1 aromatic rings. The van der Waals surface area contributed by atoms with Crippen molar-refractivity contribution in [1.29, 1.82) is 0 Å². The maximum atomic E-state index is 12.2. The van der Waals surface area contributed by atoms with E-state index in [0.29, 0.717) is 42.9 Å². The van der Waals surface area contributed by atoms with Crippen molar-refractivity contribution in [2.75, 3.05) is 44.6 Å². The molecule has 2 N–H and O–H groups in total. The molecule has 1 aliphatic heterocycles. The number of carbonyl (C=O) groups is 2. The lowest BCUT2D eigenvalue weighted by atomic mass is 10.2. The van der Waals surface area contributed by atoms with Crippen LogP contribution in [0.4, 0.5) is 16.2 Å². The second-order valence-electron chi connectivity index (χ2n) is 5.57. The predicted molar refractivity (Wildman–Crippen MR) is 96.5 cm³/mol. The molecule has 0 radical (unpaired) electrons. The van der Waals surface area contributed by atoms with Gasteiger partial charge < -0.3 is 15.5 Å². The summed E-state index contributed by atoms with van der Waals surface area (Å²) in [7, 11) is 0. The zero-order valence-corrected chi connectivity index (χ0v) is 15.4. The van der Waals surface area contributed by atoms with Gasteiger partial charge in [0.2, 0.25) is 5.91 Å². The van der Waals surface area contributed by atoms with E-state index in [4.69, 9.17) is 0 Å². The fourth-order valence-corrected chi connectivity index (χ4v) is 2.95. The molecule has 1 aromatic carbocycles. The summed E-state index contributed by atoms with van der Waals surface area (Å²) in [5.41, 5.74) is 0.433. The number of rotatable bonds is 5. The molecule has 136 valence electrons. The van der Waals surface area contributed by atoms with E-state index in [1.54, 1.807) is 4.90 Å². The van der Waals surface area contributed by atoms with Gasteiger partial charge in [0.05, 0.1) is 17.2 Å². The largest absolute Gasteiger partial charge is 0.338 e. The second kappa shape index (κ2) is 8.77. The number of amides is 3. The Kier molecular flexibility index (Phi) is 6.71. The highest BCUT2D eigenvalue weighted by Crippen LogP contribution is 2.27. The first-order chi connectivity index (χ1) is 11.9. The van der Waals surface area contributed by atoms with Crippen LogP contribution in [0.2, 0.25) is 0 Å². The first-order valence-electron chi connectivity index (χ1n) is 7.89. The lowest BCUT2D eigenvalue weighted by Gasteiger charge is -2.34. The minimum absolute atomic E-state index is 0.0497. The summed E-state index contributed by atoms with van der Waals surface area (Å²) < 4.78 is 0.455. The number of nitro benzene ring substituents is 1. The summed E-state index contributed by atoms with van der Waals surface area (Å²) in [4.78, 5) is 37.8. The minimum Gasteiger partial charge on any atom is -0.338 e. The van der Waals surface area contributed by atoms with Crippen LogP contribution in [-0.4, -0.2) is 65.9 Å². The third-order valence-electron chi connectivity index (χ3n) is 3.79. The van der Waals surface area contributed by atoms with Crippen LogP contribution < -0.4 is 10.6 Å². The van der Waals surface area contributed by atoms with E-state index >= 15 is 0 Å². The van der Waals surface area contributed by atoms with Crippen molar-refractivity contribution in [1.82, 2.24) is 15.1 Å². The number of hydrogen-bond acceptors (Lipinski definition) is 5. The summed E-state index contributed by atoms with van der Waals surface area (Å²) in [5.74, 6) is -0.207. The number of urea groups is 1. The topological polar surface area (TPSA) is 108 Å². The highest BCUT2D eigenvalue weighted by Gasteiger charge is 2.22. The van der Waals surface area contributed by atoms with E-state index in [1.165, 1.54) is 18.2 Å². The minimum atomic E-state index is -0.496. The molecule has 0 spiro atoms. The Morgan fingerprint density at radius 2 is 1.96 bits per heavy atom. The first-order valence-corrected chi connectivity index (χ1v) is 8.69. The Balaban J connectivity index is 1.83. The molecule has 0 aliphatic carbocycles. The highest BCUT2D eigenvalue weighted by molar-refractivity contribution is 9.10. The summed E-state index contributed by atoms with van der Waals surface area (Å²) in [6.07, 6.45) is 0. The fourth-order valence-electron chi connectivity index (χ4n) is 2.48. The van der Waals surface area contributed by atoms with Gasteiger partial charge >= 0.3 is 6.03 Å². The van der Waals surface area contributed by atoms with Crippen molar-refractivity contribution in [3.05, 3.63) is 32.8 Å². The Hall–Kier alpha value is -2.20. The summed E-state index contributed by atoms with van der Waals surface area (Å²) in [6, 6.07) is 4.10. The van der Waals surface area contributed by atoms with Crippen LogP contribution in [0.15, 0.2) is 22.7 Å². The van der Waals surface area contributed by atoms with E-state index in [1.807, 2.05) is 11.8 Å². The van der Waals surface area contributed by atoms with Crippen LogP contribution in [0.1, 0.15) is 6.92 Å². The summed E-state index contributed by atoms with van der Waals surface area (Å²) in [6.45, 7) is 5.03. The average molecular weight is 414 g/mol. The zero-order valence-electron chi connectivity index (χ0n) is 13.8. The van der Waals surface area contributed by atoms with Crippen LogP contribution in [0, 0.1) is 10.1 Å². The van der Waals surface area contributed by atoms with E-state index in [0.717, 1.165) is 0 Å². The number of piperazine rings is 1. The molecule has 1 fully saturated rings. The van der Waals surface area contributed by atoms with Gasteiger partial charge in [-0.25, -0.2) is 4.79 Å². The molecule has 25 heavy (non-hydrogen) atoms. The van der Waals surface area contributed by atoms with Gasteiger partial charge in [-0.3, -0.25) is 19.8 Å². The van der Waals surface area contributed by atoms with Gasteiger partial charge in [0.1, 0.15) is 0 Å². The van der Waals surface area contributed by atoms with Gasteiger partial charge in [-0.05, 0) is 28.9 Å².